The number of amides is 1. The van der Waals surface area contributed by atoms with Gasteiger partial charge in [0.15, 0.2) is 0 Å². The zero-order valence-electron chi connectivity index (χ0n) is 20.7. The second kappa shape index (κ2) is 11.2. The quantitative estimate of drug-likeness (QED) is 0.521. The average molecular weight is 529 g/mol. The Labute approximate surface area is 217 Å². The molecular formula is C27H32N2O5S2. The number of nitrogens with zero attached hydrogens (tertiary/aromatic N) is 2. The summed E-state index contributed by atoms with van der Waals surface area (Å²) >= 11 is 1.18. The molecule has 0 bridgehead atoms. The van der Waals surface area contributed by atoms with Crippen LogP contribution in [0, 0.1) is 5.92 Å². The maximum absolute atomic E-state index is 13.8. The van der Waals surface area contributed by atoms with Crippen molar-refractivity contribution in [2.75, 3.05) is 26.7 Å². The first-order valence-electron chi connectivity index (χ1n) is 11.9. The van der Waals surface area contributed by atoms with Crippen LogP contribution in [0.15, 0.2) is 70.3 Å². The molecule has 4 rings (SSSR count). The van der Waals surface area contributed by atoms with Crippen molar-refractivity contribution in [2.45, 2.75) is 36.8 Å². The van der Waals surface area contributed by atoms with Crippen LogP contribution in [0.25, 0.3) is 11.1 Å². The van der Waals surface area contributed by atoms with Gasteiger partial charge in [0.05, 0.1) is 25.4 Å². The minimum atomic E-state index is -3.66. The standard InChI is InChI=1S/C27H32N2O5S2/c1-19-15-29(20(2)17-30)27(31)24-12-7-6-11-23(24)22-10-5-4-9-21(22)18-34-25(19)16-28(3)36(32,33)26-13-8-14-35-26/h4-14,19-20,25,30H,15-18H2,1-3H3/t19-,20+,25+/m1/s1. The van der Waals surface area contributed by atoms with Gasteiger partial charge in [-0.2, -0.15) is 4.31 Å². The number of aliphatic hydroxyl groups is 1. The molecule has 0 aliphatic carbocycles. The number of sulfonamides is 1. The highest BCUT2D eigenvalue weighted by Crippen LogP contribution is 2.31. The van der Waals surface area contributed by atoms with Gasteiger partial charge in [0.25, 0.3) is 15.9 Å². The molecular weight excluding hydrogens is 496 g/mol. The lowest BCUT2D eigenvalue weighted by atomic mass is 9.94. The predicted molar refractivity (Wildman–Crippen MR) is 141 cm³/mol. The van der Waals surface area contributed by atoms with Crippen LogP contribution in [0.4, 0.5) is 0 Å². The van der Waals surface area contributed by atoms with E-state index in [9.17, 15) is 18.3 Å². The fourth-order valence-electron chi connectivity index (χ4n) is 4.47. The molecule has 192 valence electrons. The Balaban J connectivity index is 1.74. The fourth-order valence-corrected chi connectivity index (χ4v) is 6.85. The number of carbonyl (C=O) groups is 1. The highest BCUT2D eigenvalue weighted by atomic mass is 32.2. The summed E-state index contributed by atoms with van der Waals surface area (Å²) in [6.07, 6.45) is -0.486. The molecule has 0 spiro atoms. The average Bonchev–Trinajstić information content (AvgIpc) is 3.44. The molecule has 0 saturated heterocycles. The number of hydrogen-bond acceptors (Lipinski definition) is 6. The summed E-state index contributed by atoms with van der Waals surface area (Å²) in [5, 5.41) is 11.7. The molecule has 3 atom stereocenters. The number of benzene rings is 2. The third kappa shape index (κ3) is 5.40. The van der Waals surface area contributed by atoms with Crippen LogP contribution >= 0.6 is 11.3 Å². The molecule has 7 nitrogen and oxygen atoms in total. The van der Waals surface area contributed by atoms with Gasteiger partial charge in [-0.25, -0.2) is 8.42 Å². The van der Waals surface area contributed by atoms with E-state index in [4.69, 9.17) is 4.74 Å². The van der Waals surface area contributed by atoms with Crippen LogP contribution in [0.2, 0.25) is 0 Å². The first-order chi connectivity index (χ1) is 17.2. The number of aliphatic hydroxyl groups excluding tert-OH is 1. The van der Waals surface area contributed by atoms with E-state index in [2.05, 4.69) is 0 Å². The van der Waals surface area contributed by atoms with Crippen molar-refractivity contribution in [3.63, 3.8) is 0 Å². The molecule has 1 aliphatic rings. The van der Waals surface area contributed by atoms with E-state index in [0.29, 0.717) is 12.1 Å². The zero-order chi connectivity index (χ0) is 25.9. The molecule has 3 aromatic rings. The molecule has 1 aliphatic heterocycles. The maximum atomic E-state index is 13.8. The highest BCUT2D eigenvalue weighted by molar-refractivity contribution is 7.91. The van der Waals surface area contributed by atoms with E-state index >= 15 is 0 Å². The minimum Gasteiger partial charge on any atom is -0.394 e. The van der Waals surface area contributed by atoms with E-state index in [1.807, 2.05) is 62.4 Å². The molecule has 1 aromatic heterocycles. The number of hydrogen-bond donors (Lipinski definition) is 1. The SMILES string of the molecule is C[C@@H]1CN([C@@H](C)CO)C(=O)c2ccccc2-c2ccccc2CO[C@H]1CN(C)S(=O)(=O)c1cccs1. The lowest BCUT2D eigenvalue weighted by Crippen LogP contribution is -2.47. The molecule has 0 saturated carbocycles. The number of carbonyl (C=O) groups excluding carboxylic acids is 1. The summed E-state index contributed by atoms with van der Waals surface area (Å²) in [7, 11) is -2.11. The Hall–Kier alpha value is -2.56. The van der Waals surface area contributed by atoms with Gasteiger partial charge in [-0.05, 0) is 41.1 Å². The van der Waals surface area contributed by atoms with Gasteiger partial charge in [0.2, 0.25) is 0 Å². The zero-order valence-corrected chi connectivity index (χ0v) is 22.3. The van der Waals surface area contributed by atoms with Gasteiger partial charge in [-0.15, -0.1) is 11.3 Å². The van der Waals surface area contributed by atoms with Crippen molar-refractivity contribution < 1.29 is 23.1 Å². The summed E-state index contributed by atoms with van der Waals surface area (Å²) in [5.74, 6) is -0.379. The normalized spacial score (nSPS) is 19.9. The van der Waals surface area contributed by atoms with Crippen LogP contribution in [0.5, 0.6) is 0 Å². The van der Waals surface area contributed by atoms with Gasteiger partial charge in [-0.1, -0.05) is 55.5 Å². The van der Waals surface area contributed by atoms with Crippen LogP contribution in [0.3, 0.4) is 0 Å². The van der Waals surface area contributed by atoms with Crippen LogP contribution in [0.1, 0.15) is 29.8 Å². The van der Waals surface area contributed by atoms with E-state index in [1.165, 1.54) is 15.6 Å². The third-order valence-electron chi connectivity index (χ3n) is 6.69. The van der Waals surface area contributed by atoms with Gasteiger partial charge in [-0.3, -0.25) is 4.79 Å². The number of likely N-dealkylation sites (N-methyl/N-ethyl adjacent to an activating group) is 1. The smallest absolute Gasteiger partial charge is 0.254 e. The number of thiophene rings is 1. The highest BCUT2D eigenvalue weighted by Gasteiger charge is 2.32. The molecule has 1 N–H and O–H groups in total. The lowest BCUT2D eigenvalue weighted by Gasteiger charge is -2.34. The molecule has 9 heteroatoms. The summed E-state index contributed by atoms with van der Waals surface area (Å²) < 4.78 is 34.2. The Morgan fingerprint density at radius 1 is 1.08 bits per heavy atom. The van der Waals surface area contributed by atoms with Crippen molar-refractivity contribution in [3.8, 4) is 11.1 Å². The van der Waals surface area contributed by atoms with Crippen LogP contribution < -0.4 is 0 Å². The topological polar surface area (TPSA) is 87.2 Å². The van der Waals surface area contributed by atoms with Crippen LogP contribution in [-0.4, -0.2) is 67.5 Å². The van der Waals surface area contributed by atoms with Gasteiger partial charge < -0.3 is 14.7 Å². The maximum Gasteiger partial charge on any atom is 0.254 e. The van der Waals surface area contributed by atoms with Crippen LogP contribution in [-0.2, 0) is 21.4 Å². The van der Waals surface area contributed by atoms with Crippen molar-refractivity contribution in [1.29, 1.82) is 0 Å². The Morgan fingerprint density at radius 2 is 1.75 bits per heavy atom. The fraction of sp³-hybridized carbons (Fsp3) is 0.370. The van der Waals surface area contributed by atoms with Crippen molar-refractivity contribution in [3.05, 3.63) is 77.2 Å². The largest absolute Gasteiger partial charge is 0.394 e. The molecule has 0 radical (unpaired) electrons. The number of rotatable bonds is 6. The van der Waals surface area contributed by atoms with Crippen molar-refractivity contribution in [1.82, 2.24) is 9.21 Å². The number of ether oxygens (including phenoxy) is 1. The van der Waals surface area contributed by atoms with E-state index in [0.717, 1.165) is 16.7 Å². The minimum absolute atomic E-state index is 0.131. The van der Waals surface area contributed by atoms with Gasteiger partial charge in [0, 0.05) is 31.6 Å². The first-order valence-corrected chi connectivity index (χ1v) is 14.3. The lowest BCUT2D eigenvalue weighted by molar-refractivity contribution is -0.0146. The van der Waals surface area contributed by atoms with Gasteiger partial charge in [0.1, 0.15) is 4.21 Å². The van der Waals surface area contributed by atoms with Crippen molar-refractivity contribution >= 4 is 27.3 Å². The summed E-state index contributed by atoms with van der Waals surface area (Å²) in [5.41, 5.74) is 3.18. The first kappa shape index (κ1) is 26.5. The summed E-state index contributed by atoms with van der Waals surface area (Å²) in [6.45, 7) is 4.29. The van der Waals surface area contributed by atoms with E-state index in [-0.39, 0.29) is 35.8 Å². The Bertz CT molecular complexity index is 1290. The van der Waals surface area contributed by atoms with Gasteiger partial charge >= 0.3 is 0 Å². The summed E-state index contributed by atoms with van der Waals surface area (Å²) in [6, 6.07) is 18.2. The molecule has 36 heavy (non-hydrogen) atoms. The van der Waals surface area contributed by atoms with E-state index < -0.39 is 22.2 Å². The molecule has 0 fully saturated rings. The Morgan fingerprint density at radius 3 is 2.42 bits per heavy atom. The second-order valence-corrected chi connectivity index (χ2v) is 12.5. The molecule has 1 amide bonds. The third-order valence-corrected chi connectivity index (χ3v) is 9.89. The molecule has 2 aromatic carbocycles. The predicted octanol–water partition coefficient (Wildman–Crippen LogP) is 4.09. The summed E-state index contributed by atoms with van der Waals surface area (Å²) in [4.78, 5) is 15.5. The van der Waals surface area contributed by atoms with E-state index in [1.54, 1.807) is 29.5 Å². The monoisotopic (exact) mass is 528 g/mol. The molecule has 0 unspecified atom stereocenters. The number of fused-ring (bicyclic) bond motifs is 3. The molecule has 2 heterocycles. The van der Waals surface area contributed by atoms with Crippen molar-refractivity contribution in [2.24, 2.45) is 5.92 Å². The Kier molecular flexibility index (Phi) is 8.27. The second-order valence-electron chi connectivity index (χ2n) is 9.24.